The summed E-state index contributed by atoms with van der Waals surface area (Å²) in [5, 5.41) is 91.6. The number of amides is 15. The fourth-order valence-corrected chi connectivity index (χ4v) is 11.9. The summed E-state index contributed by atoms with van der Waals surface area (Å²) in [6.45, 7) is 5.93. The van der Waals surface area contributed by atoms with Gasteiger partial charge in [0.2, 0.25) is 88.6 Å². The minimum Gasteiger partial charge on any atom is -0.480 e. The summed E-state index contributed by atoms with van der Waals surface area (Å²) in [6, 6.07) is -7.77. The molecule has 0 bridgehead atoms. The standard InChI is InChI=1S/C70H106N18O22S/c1-7-33(2)53(65(104)76-34(3)57(96)80-46(26-38-16-9-8-10-17-38)69(108)88-25-15-21-50(88)64(103)82-47(30-89)61(100)78-44(70(109)110)20-13-14-24-71)84-62(101)48(31-90)81-59(98)43(22-23-51(73)94)77-63(102)49(32-111)83-67(106)55(36(5)92)87-68(107)56(37(6)93)86-60(99)45(27-39-29-75-42-19-12-11-18-40(39)42)79-66(105)54(35(4)91)85-58(97)41(72)28-52(74)95/h8-12,16-19,29,33-37,41,43-50,53-56,75,89-93,111H,7,13-15,20-28,30-32,71-72H2,1-6H3,(H2,73,94)(H2,74,95)(H,76,104)(H,77,102)(H,78,100)(H,79,105)(H,80,96)(H,81,98)(H,82,103)(H,83,106)(H,84,101)(H,85,97)(H,86,99)(H,87,107)(H,109,110)/t33-,34-,35+,36+,37+,41-,43-,44-,45-,46-,47-,48-,49-,50-,53-,54-,55-,56-/m0/s1. The number of nitrogens with one attached hydrogen (secondary N) is 13. The Balaban J connectivity index is 1.48. The highest BCUT2D eigenvalue weighted by atomic mass is 32.1. The lowest BCUT2D eigenvalue weighted by Gasteiger charge is -2.31. The molecular weight excluding hydrogens is 1480 g/mol. The largest absolute Gasteiger partial charge is 0.480 e. The number of aliphatic carboxylic acids is 1. The van der Waals surface area contributed by atoms with E-state index in [0.717, 1.165) is 20.8 Å². The molecule has 1 aromatic heterocycles. The van der Waals surface area contributed by atoms with Gasteiger partial charge in [-0.3, -0.25) is 71.9 Å². The summed E-state index contributed by atoms with van der Waals surface area (Å²) in [7, 11) is 0. The number of carboxylic acid groups (broad SMARTS) is 1. The highest BCUT2D eigenvalue weighted by Gasteiger charge is 2.42. The number of nitrogens with zero attached hydrogens (tertiary/aromatic N) is 1. The third kappa shape index (κ3) is 28.8. The number of carbonyl (C=O) groups excluding carboxylic acids is 15. The number of unbranched alkanes of at least 4 members (excludes halogenated alkanes) is 1. The van der Waals surface area contributed by atoms with Crippen LogP contribution in [-0.2, 0) is 89.6 Å². The number of H-pyrrole nitrogens is 1. The van der Waals surface area contributed by atoms with Gasteiger partial charge in [0.1, 0.15) is 78.5 Å². The van der Waals surface area contributed by atoms with Crippen molar-refractivity contribution >= 4 is 118 Å². The number of hydrogen-bond acceptors (Lipinski definition) is 24. The number of likely N-dealkylation sites (tertiary alicyclic amines) is 1. The molecule has 15 amide bonds. The van der Waals surface area contributed by atoms with Gasteiger partial charge in [0.05, 0.1) is 44.0 Å². The van der Waals surface area contributed by atoms with Crippen LogP contribution >= 0.6 is 12.6 Å². The topological polar surface area (TPSA) is 662 Å². The molecule has 1 aliphatic rings. The molecule has 0 aliphatic carbocycles. The van der Waals surface area contributed by atoms with Crippen molar-refractivity contribution in [2.75, 3.05) is 32.1 Å². The predicted molar refractivity (Wildman–Crippen MR) is 399 cm³/mol. The normalized spacial score (nSPS) is 17.2. The van der Waals surface area contributed by atoms with Gasteiger partial charge in [-0.2, -0.15) is 12.6 Å². The van der Waals surface area contributed by atoms with Crippen molar-refractivity contribution in [2.24, 2.45) is 28.9 Å². The van der Waals surface area contributed by atoms with E-state index in [9.17, 15) is 107 Å². The van der Waals surface area contributed by atoms with Crippen molar-refractivity contribution in [1.82, 2.24) is 73.7 Å². The number of benzene rings is 2. The second kappa shape index (κ2) is 45.7. The maximum atomic E-state index is 14.5. The highest BCUT2D eigenvalue weighted by Crippen LogP contribution is 2.23. The number of aromatic nitrogens is 1. The Labute approximate surface area is 644 Å². The summed E-state index contributed by atoms with van der Waals surface area (Å²) >= 11 is 4.17. The van der Waals surface area contributed by atoms with Crippen LogP contribution in [0.25, 0.3) is 10.9 Å². The van der Waals surface area contributed by atoms with Crippen LogP contribution in [0, 0.1) is 5.92 Å². The third-order valence-electron chi connectivity index (χ3n) is 18.3. The van der Waals surface area contributed by atoms with Crippen LogP contribution < -0.4 is 86.7 Å². The fraction of sp³-hybridized carbons (Fsp3) is 0.571. The lowest BCUT2D eigenvalue weighted by Crippen LogP contribution is -2.64. The predicted octanol–water partition coefficient (Wildman–Crippen LogP) is -8.43. The zero-order valence-corrected chi connectivity index (χ0v) is 63.3. The molecule has 41 heteroatoms. The Morgan fingerprint density at radius 2 is 1.01 bits per heavy atom. The number of aliphatic hydroxyl groups is 5. The van der Waals surface area contributed by atoms with E-state index >= 15 is 0 Å². The number of fused-ring (bicyclic) bond motifs is 1. The van der Waals surface area contributed by atoms with Crippen molar-refractivity contribution in [3.8, 4) is 0 Å². The Kier molecular flexibility index (Phi) is 38.2. The van der Waals surface area contributed by atoms with Crippen molar-refractivity contribution < 1.29 is 107 Å². The van der Waals surface area contributed by atoms with E-state index in [4.69, 9.17) is 22.9 Å². The van der Waals surface area contributed by atoms with Crippen molar-refractivity contribution in [1.29, 1.82) is 0 Å². The van der Waals surface area contributed by atoms with Crippen LogP contribution in [0.15, 0.2) is 60.8 Å². The van der Waals surface area contributed by atoms with Crippen molar-refractivity contribution in [3.05, 3.63) is 71.9 Å². The average Bonchev–Trinajstić information content (AvgIpc) is 1.70. The fourth-order valence-electron chi connectivity index (χ4n) is 11.7. The van der Waals surface area contributed by atoms with Crippen molar-refractivity contribution in [3.63, 3.8) is 0 Å². The van der Waals surface area contributed by atoms with Gasteiger partial charge in [0, 0.05) is 48.7 Å². The second-order valence-electron chi connectivity index (χ2n) is 27.1. The first-order chi connectivity index (χ1) is 52.4. The number of hydrogen-bond donors (Lipinski definition) is 24. The molecule has 0 radical (unpaired) electrons. The van der Waals surface area contributed by atoms with Gasteiger partial charge in [-0.05, 0) is 95.9 Å². The maximum absolute atomic E-state index is 14.5. The molecule has 2 aromatic carbocycles. The molecule has 27 N–H and O–H groups in total. The molecule has 0 saturated carbocycles. The van der Waals surface area contributed by atoms with Crippen LogP contribution in [-0.4, -0.2) is 270 Å². The molecule has 1 saturated heterocycles. The quantitative estimate of drug-likeness (QED) is 0.0184. The Bertz CT molecular complexity index is 3740. The molecule has 4 rings (SSSR count). The van der Waals surface area contributed by atoms with Gasteiger partial charge in [-0.15, -0.1) is 0 Å². The lowest BCUT2D eigenvalue weighted by atomic mass is 9.97. The third-order valence-corrected chi connectivity index (χ3v) is 18.6. The zero-order chi connectivity index (χ0) is 83.1. The smallest absolute Gasteiger partial charge is 0.326 e. The summed E-state index contributed by atoms with van der Waals surface area (Å²) in [6.07, 6.45) is -4.52. The number of nitrogens with two attached hydrogens (primary N) is 4. The highest BCUT2D eigenvalue weighted by molar-refractivity contribution is 7.80. The number of rotatable bonds is 47. The second-order valence-corrected chi connectivity index (χ2v) is 27.5. The first-order valence-corrected chi connectivity index (χ1v) is 36.7. The van der Waals surface area contributed by atoms with E-state index in [-0.39, 0.29) is 45.2 Å². The maximum Gasteiger partial charge on any atom is 0.326 e. The van der Waals surface area contributed by atoms with Gasteiger partial charge in [-0.1, -0.05) is 68.8 Å². The lowest BCUT2D eigenvalue weighted by molar-refractivity contribution is -0.144. The van der Waals surface area contributed by atoms with Gasteiger partial charge < -0.3 is 127 Å². The molecule has 614 valence electrons. The van der Waals surface area contributed by atoms with Gasteiger partial charge in [0.15, 0.2) is 0 Å². The molecule has 3 aromatic rings. The number of aliphatic hydroxyl groups excluding tert-OH is 5. The van der Waals surface area contributed by atoms with Crippen LogP contribution in [0.2, 0.25) is 0 Å². The SMILES string of the molecule is CC[C@H](C)[C@H](NC(=O)[C@H](CO)NC(=O)[C@H](CCC(N)=O)NC(=O)[C@H](CS)NC(=O)[C@@H](NC(=O)[C@@H](NC(=O)[C@H](Cc1c[nH]c2ccccc12)NC(=O)[C@@H](NC(=O)[C@@H](N)CC(N)=O)[C@@H](C)O)[C@@H](C)O)[C@@H](C)O)C(=O)N[C@@H](C)C(=O)N[C@@H](Cc1ccccc1)C(=O)N1CCC[C@H]1C(=O)N[C@@H](CO)C(=O)N[C@@H](CCCCN)C(=O)O. The van der Waals surface area contributed by atoms with Crippen LogP contribution in [0.3, 0.4) is 0 Å². The van der Waals surface area contributed by atoms with Gasteiger partial charge >= 0.3 is 5.97 Å². The summed E-state index contributed by atoms with van der Waals surface area (Å²) in [4.78, 5) is 221. The Morgan fingerprint density at radius 1 is 0.532 bits per heavy atom. The summed E-state index contributed by atoms with van der Waals surface area (Å²) < 4.78 is 0. The molecular formula is C70H106N18O22S. The minimum absolute atomic E-state index is 0.0136. The molecule has 40 nitrogen and oxygen atoms in total. The monoisotopic (exact) mass is 1580 g/mol. The average molecular weight is 1580 g/mol. The number of para-hydroxylation sites is 1. The minimum atomic E-state index is -2.01. The van der Waals surface area contributed by atoms with E-state index in [1.807, 2.05) is 0 Å². The summed E-state index contributed by atoms with van der Waals surface area (Å²) in [5.41, 5.74) is 23.5. The molecule has 1 aliphatic heterocycles. The zero-order valence-electron chi connectivity index (χ0n) is 62.4. The van der Waals surface area contributed by atoms with E-state index in [1.165, 1.54) is 18.0 Å². The van der Waals surface area contributed by atoms with E-state index < -0.39 is 242 Å². The van der Waals surface area contributed by atoms with E-state index in [1.54, 1.807) is 68.4 Å². The molecule has 1 fully saturated rings. The van der Waals surface area contributed by atoms with Crippen LogP contribution in [0.4, 0.5) is 0 Å². The molecule has 0 unspecified atom stereocenters. The number of thiol groups is 1. The number of carboxylic acids is 1. The van der Waals surface area contributed by atoms with Crippen LogP contribution in [0.1, 0.15) is 110 Å². The number of carbonyl (C=O) groups is 16. The number of primary amides is 2. The van der Waals surface area contributed by atoms with E-state index in [0.29, 0.717) is 41.3 Å². The first kappa shape index (κ1) is 93.0. The van der Waals surface area contributed by atoms with Crippen LogP contribution in [0.5, 0.6) is 0 Å². The number of aromatic amines is 1. The van der Waals surface area contributed by atoms with Gasteiger partial charge in [-0.25, -0.2) is 4.79 Å². The van der Waals surface area contributed by atoms with Crippen molar-refractivity contribution in [2.45, 2.75) is 215 Å². The molecule has 2 heterocycles. The Hall–Kier alpha value is -10.4. The van der Waals surface area contributed by atoms with E-state index in [2.05, 4.69) is 81.4 Å². The summed E-state index contributed by atoms with van der Waals surface area (Å²) in [5.74, 6) is -18.6. The Morgan fingerprint density at radius 3 is 1.57 bits per heavy atom. The molecule has 111 heavy (non-hydrogen) atoms. The molecule has 18 atom stereocenters. The first-order valence-electron chi connectivity index (χ1n) is 36.1. The van der Waals surface area contributed by atoms with Gasteiger partial charge in [0.25, 0.3) is 0 Å². The molecule has 0 spiro atoms.